The largest absolute Gasteiger partial charge is 0.493 e. The molecule has 2 aliphatic rings. The van der Waals surface area contributed by atoms with Gasteiger partial charge in [0, 0.05) is 31.1 Å². The molecule has 2 saturated heterocycles. The van der Waals surface area contributed by atoms with Gasteiger partial charge in [0.25, 0.3) is 0 Å². The van der Waals surface area contributed by atoms with Crippen molar-refractivity contribution in [1.29, 1.82) is 0 Å². The highest BCUT2D eigenvalue weighted by Gasteiger charge is 2.37. The quantitative estimate of drug-likeness (QED) is 0.932. The Balaban J connectivity index is 1.67. The third kappa shape index (κ3) is 2.55. The summed E-state index contributed by atoms with van der Waals surface area (Å²) in [6.45, 7) is 4.41. The van der Waals surface area contributed by atoms with Crippen LogP contribution < -0.4 is 19.7 Å². The van der Waals surface area contributed by atoms with Crippen LogP contribution in [0, 0.1) is 5.41 Å². The van der Waals surface area contributed by atoms with Crippen molar-refractivity contribution >= 4 is 16.7 Å². The summed E-state index contributed by atoms with van der Waals surface area (Å²) in [6, 6.07) is 3.91. The molecule has 0 radical (unpaired) electrons. The molecular weight excluding hydrogens is 304 g/mol. The maximum Gasteiger partial charge on any atom is 0.162 e. The molecule has 1 aromatic heterocycles. The van der Waals surface area contributed by atoms with Gasteiger partial charge in [-0.25, -0.2) is 9.97 Å². The summed E-state index contributed by atoms with van der Waals surface area (Å²) >= 11 is 0. The maximum atomic E-state index is 5.46. The molecule has 0 aliphatic carbocycles. The molecule has 4 rings (SSSR count). The van der Waals surface area contributed by atoms with Crippen molar-refractivity contribution in [2.24, 2.45) is 5.41 Å². The zero-order valence-corrected chi connectivity index (χ0v) is 14.3. The van der Waals surface area contributed by atoms with E-state index in [0.717, 1.165) is 48.6 Å². The molecule has 0 bridgehead atoms. The lowest BCUT2D eigenvalue weighted by atomic mass is 9.78. The molecule has 1 N–H and O–H groups in total. The first-order valence-corrected chi connectivity index (χ1v) is 8.57. The minimum Gasteiger partial charge on any atom is -0.493 e. The van der Waals surface area contributed by atoms with Crippen LogP contribution in [0.2, 0.25) is 0 Å². The number of piperidine rings is 1. The first-order valence-electron chi connectivity index (χ1n) is 8.57. The molecule has 1 aromatic carbocycles. The van der Waals surface area contributed by atoms with Crippen LogP contribution in [-0.2, 0) is 0 Å². The molecule has 0 atom stereocenters. The molecule has 2 fully saturated rings. The maximum absolute atomic E-state index is 5.46. The Morgan fingerprint density at radius 1 is 1.04 bits per heavy atom. The van der Waals surface area contributed by atoms with E-state index in [0.29, 0.717) is 11.2 Å². The third-order valence-electron chi connectivity index (χ3n) is 5.58. The van der Waals surface area contributed by atoms with Crippen molar-refractivity contribution in [3.63, 3.8) is 0 Å². The molecule has 6 heteroatoms. The van der Waals surface area contributed by atoms with Crippen LogP contribution >= 0.6 is 0 Å². The van der Waals surface area contributed by atoms with E-state index in [9.17, 15) is 0 Å². The highest BCUT2D eigenvalue weighted by Crippen LogP contribution is 2.40. The molecular formula is C18H24N4O2. The molecule has 1 spiro atoms. The number of hydrogen-bond donors (Lipinski definition) is 1. The number of nitrogens with zero attached hydrogens (tertiary/aromatic N) is 3. The number of nitrogens with one attached hydrogen (secondary N) is 1. The summed E-state index contributed by atoms with van der Waals surface area (Å²) in [6.07, 6.45) is 5.39. The SMILES string of the molecule is COc1cc2ncnc(N3CCC4(CCNC4)CC3)c2cc1OC. The molecule has 2 aliphatic heterocycles. The number of fused-ring (bicyclic) bond motifs is 1. The number of rotatable bonds is 3. The highest BCUT2D eigenvalue weighted by molar-refractivity contribution is 5.92. The summed E-state index contributed by atoms with van der Waals surface area (Å²) in [4.78, 5) is 11.4. The van der Waals surface area contributed by atoms with Crippen molar-refractivity contribution in [1.82, 2.24) is 15.3 Å². The average Bonchev–Trinajstić information content (AvgIpc) is 3.08. The van der Waals surface area contributed by atoms with E-state index in [4.69, 9.17) is 9.47 Å². The predicted molar refractivity (Wildman–Crippen MR) is 94.0 cm³/mol. The lowest BCUT2D eigenvalue weighted by Gasteiger charge is -2.39. The Kier molecular flexibility index (Phi) is 3.92. The fraction of sp³-hybridized carbons (Fsp3) is 0.556. The summed E-state index contributed by atoms with van der Waals surface area (Å²) in [7, 11) is 3.30. The second-order valence-electron chi connectivity index (χ2n) is 6.84. The van der Waals surface area contributed by atoms with E-state index in [1.807, 2.05) is 12.1 Å². The van der Waals surface area contributed by atoms with Crippen LogP contribution in [0.5, 0.6) is 11.5 Å². The third-order valence-corrected chi connectivity index (χ3v) is 5.58. The highest BCUT2D eigenvalue weighted by atomic mass is 16.5. The van der Waals surface area contributed by atoms with E-state index in [1.165, 1.54) is 19.3 Å². The van der Waals surface area contributed by atoms with Gasteiger partial charge in [-0.2, -0.15) is 0 Å². The molecule has 2 aromatic rings. The van der Waals surface area contributed by atoms with Crippen molar-refractivity contribution in [2.75, 3.05) is 45.3 Å². The van der Waals surface area contributed by atoms with Crippen molar-refractivity contribution < 1.29 is 9.47 Å². The Labute approximate surface area is 142 Å². The van der Waals surface area contributed by atoms with Crippen LogP contribution in [-0.4, -0.2) is 50.4 Å². The van der Waals surface area contributed by atoms with Crippen LogP contribution in [0.25, 0.3) is 10.9 Å². The van der Waals surface area contributed by atoms with Gasteiger partial charge >= 0.3 is 0 Å². The summed E-state index contributed by atoms with van der Waals surface area (Å²) < 4.78 is 10.8. The molecule has 6 nitrogen and oxygen atoms in total. The second kappa shape index (κ2) is 6.09. The Morgan fingerprint density at radius 3 is 2.46 bits per heavy atom. The zero-order valence-electron chi connectivity index (χ0n) is 14.3. The van der Waals surface area contributed by atoms with Gasteiger partial charge < -0.3 is 19.7 Å². The molecule has 0 saturated carbocycles. The van der Waals surface area contributed by atoms with Gasteiger partial charge in [0.1, 0.15) is 12.1 Å². The summed E-state index contributed by atoms with van der Waals surface area (Å²) in [5.74, 6) is 2.42. The van der Waals surface area contributed by atoms with Crippen LogP contribution in [0.15, 0.2) is 18.5 Å². The van der Waals surface area contributed by atoms with Gasteiger partial charge in [0.2, 0.25) is 0 Å². The van der Waals surface area contributed by atoms with E-state index < -0.39 is 0 Å². The van der Waals surface area contributed by atoms with E-state index >= 15 is 0 Å². The molecule has 3 heterocycles. The number of benzene rings is 1. The van der Waals surface area contributed by atoms with Crippen LogP contribution in [0.1, 0.15) is 19.3 Å². The first-order chi connectivity index (χ1) is 11.7. The van der Waals surface area contributed by atoms with Crippen molar-refractivity contribution in [2.45, 2.75) is 19.3 Å². The topological polar surface area (TPSA) is 59.5 Å². The lowest BCUT2D eigenvalue weighted by Crippen LogP contribution is -2.41. The van der Waals surface area contributed by atoms with Crippen molar-refractivity contribution in [3.05, 3.63) is 18.5 Å². The average molecular weight is 328 g/mol. The van der Waals surface area contributed by atoms with Gasteiger partial charge in [-0.15, -0.1) is 0 Å². The van der Waals surface area contributed by atoms with Gasteiger partial charge in [-0.3, -0.25) is 0 Å². The number of methoxy groups -OCH3 is 2. The monoisotopic (exact) mass is 328 g/mol. The predicted octanol–water partition coefficient (Wildman–Crippen LogP) is 2.23. The van der Waals surface area contributed by atoms with E-state index in [-0.39, 0.29) is 0 Å². The second-order valence-corrected chi connectivity index (χ2v) is 6.84. The van der Waals surface area contributed by atoms with Crippen molar-refractivity contribution in [3.8, 4) is 11.5 Å². The minimum absolute atomic E-state index is 0.500. The molecule has 24 heavy (non-hydrogen) atoms. The van der Waals surface area contributed by atoms with Crippen LogP contribution in [0.3, 0.4) is 0 Å². The van der Waals surface area contributed by atoms with Gasteiger partial charge in [0.15, 0.2) is 11.5 Å². The Morgan fingerprint density at radius 2 is 1.79 bits per heavy atom. The minimum atomic E-state index is 0.500. The Hall–Kier alpha value is -2.08. The number of aromatic nitrogens is 2. The zero-order chi connectivity index (χ0) is 16.6. The summed E-state index contributed by atoms with van der Waals surface area (Å²) in [5, 5.41) is 4.54. The van der Waals surface area contributed by atoms with Gasteiger partial charge in [0.05, 0.1) is 19.7 Å². The summed E-state index contributed by atoms with van der Waals surface area (Å²) in [5.41, 5.74) is 1.39. The smallest absolute Gasteiger partial charge is 0.162 e. The van der Waals surface area contributed by atoms with Gasteiger partial charge in [-0.05, 0) is 37.3 Å². The number of ether oxygens (including phenoxy) is 2. The molecule has 128 valence electrons. The van der Waals surface area contributed by atoms with E-state index in [2.05, 4.69) is 20.2 Å². The first kappa shape index (κ1) is 15.4. The fourth-order valence-corrected chi connectivity index (χ4v) is 4.04. The lowest BCUT2D eigenvalue weighted by molar-refractivity contribution is 0.247. The molecule has 0 amide bonds. The number of anilines is 1. The van der Waals surface area contributed by atoms with E-state index in [1.54, 1.807) is 20.5 Å². The number of hydrogen-bond acceptors (Lipinski definition) is 6. The van der Waals surface area contributed by atoms with Crippen LogP contribution in [0.4, 0.5) is 5.82 Å². The normalized spacial score (nSPS) is 19.8. The fourth-order valence-electron chi connectivity index (χ4n) is 4.04. The standard InChI is InChI=1S/C18H24N4O2/c1-23-15-9-13-14(10-16(15)24-2)20-12-21-17(13)22-7-4-18(5-8-22)3-6-19-11-18/h9-10,12,19H,3-8,11H2,1-2H3. The Bertz CT molecular complexity index is 733. The van der Waals surface area contributed by atoms with Gasteiger partial charge in [-0.1, -0.05) is 0 Å². The molecule has 0 unspecified atom stereocenters.